The molecule has 0 aromatic carbocycles. The van der Waals surface area contributed by atoms with Crippen LogP contribution < -0.4 is 10.6 Å². The monoisotopic (exact) mass is 230 g/mol. The van der Waals surface area contributed by atoms with Gasteiger partial charge in [-0.05, 0) is 19.3 Å². The summed E-state index contributed by atoms with van der Waals surface area (Å²) in [5, 5.41) is 6.00. The van der Waals surface area contributed by atoms with Gasteiger partial charge >= 0.3 is 0 Å². The topological polar surface area (TPSA) is 59.6 Å². The summed E-state index contributed by atoms with van der Waals surface area (Å²) >= 11 is 0. The summed E-state index contributed by atoms with van der Waals surface area (Å²) in [5.74, 6) is 0.0325. The Bertz CT molecular complexity index is 211. The molecule has 2 atom stereocenters. The van der Waals surface area contributed by atoms with Crippen molar-refractivity contribution in [3.63, 3.8) is 0 Å². The molecule has 1 rings (SSSR count). The van der Waals surface area contributed by atoms with Crippen LogP contribution in [-0.2, 0) is 14.3 Å². The maximum absolute atomic E-state index is 11.6. The number of hydrogen-bond donors (Lipinski definition) is 2. The molecule has 0 radical (unpaired) electrons. The van der Waals surface area contributed by atoms with E-state index in [4.69, 9.17) is 9.47 Å². The minimum Gasteiger partial charge on any atom is -0.383 e. The largest absolute Gasteiger partial charge is 0.383 e. The van der Waals surface area contributed by atoms with E-state index < -0.39 is 0 Å². The van der Waals surface area contributed by atoms with Gasteiger partial charge < -0.3 is 20.1 Å². The third-order valence-electron chi connectivity index (χ3n) is 2.87. The zero-order chi connectivity index (χ0) is 11.8. The third kappa shape index (κ3) is 4.47. The van der Waals surface area contributed by atoms with Gasteiger partial charge in [0.1, 0.15) is 0 Å². The number of hydrogen-bond acceptors (Lipinski definition) is 4. The zero-order valence-corrected chi connectivity index (χ0v) is 10.1. The first kappa shape index (κ1) is 13.4. The Balaban J connectivity index is 2.13. The first-order valence-corrected chi connectivity index (χ1v) is 5.79. The molecule has 0 aliphatic heterocycles. The second kappa shape index (κ2) is 7.60. The fourth-order valence-electron chi connectivity index (χ4n) is 2.01. The lowest BCUT2D eigenvalue weighted by atomic mass is 10.2. The minimum absolute atomic E-state index is 0.0325. The van der Waals surface area contributed by atoms with Gasteiger partial charge in [0, 0.05) is 20.8 Å². The predicted octanol–water partition coefficient (Wildman–Crippen LogP) is -0.0939. The molecule has 94 valence electrons. The van der Waals surface area contributed by atoms with Crippen LogP contribution in [0.15, 0.2) is 0 Å². The minimum atomic E-state index is 0.0325. The van der Waals surface area contributed by atoms with Gasteiger partial charge in [-0.1, -0.05) is 0 Å². The van der Waals surface area contributed by atoms with Gasteiger partial charge in [-0.25, -0.2) is 0 Å². The van der Waals surface area contributed by atoms with E-state index in [0.29, 0.717) is 19.7 Å². The molecule has 1 fully saturated rings. The highest BCUT2D eigenvalue weighted by molar-refractivity contribution is 5.78. The van der Waals surface area contributed by atoms with Gasteiger partial charge in [0.05, 0.1) is 25.3 Å². The number of rotatable bonds is 7. The number of amides is 1. The second-order valence-electron chi connectivity index (χ2n) is 4.05. The quantitative estimate of drug-likeness (QED) is 0.600. The number of methoxy groups -OCH3 is 2. The first-order chi connectivity index (χ1) is 7.77. The summed E-state index contributed by atoms with van der Waals surface area (Å²) in [6, 6.07) is 0.182. The average molecular weight is 230 g/mol. The van der Waals surface area contributed by atoms with Crippen molar-refractivity contribution in [2.75, 3.05) is 33.9 Å². The van der Waals surface area contributed by atoms with E-state index in [1.807, 2.05) is 0 Å². The van der Waals surface area contributed by atoms with Crippen LogP contribution in [0.2, 0.25) is 0 Å². The Morgan fingerprint density at radius 3 is 2.88 bits per heavy atom. The van der Waals surface area contributed by atoms with Gasteiger partial charge in [-0.2, -0.15) is 0 Å². The number of nitrogens with one attached hydrogen (secondary N) is 2. The van der Waals surface area contributed by atoms with Crippen LogP contribution in [0.4, 0.5) is 0 Å². The van der Waals surface area contributed by atoms with Gasteiger partial charge in [0.2, 0.25) is 5.91 Å². The van der Waals surface area contributed by atoms with Crippen molar-refractivity contribution in [2.24, 2.45) is 0 Å². The fourth-order valence-corrected chi connectivity index (χ4v) is 2.01. The van der Waals surface area contributed by atoms with Crippen LogP contribution in [-0.4, -0.2) is 52.0 Å². The maximum Gasteiger partial charge on any atom is 0.234 e. The van der Waals surface area contributed by atoms with E-state index in [-0.39, 0.29) is 18.1 Å². The maximum atomic E-state index is 11.6. The molecule has 0 bridgehead atoms. The molecule has 0 heterocycles. The number of carbonyl (C=O) groups is 1. The molecule has 16 heavy (non-hydrogen) atoms. The Kier molecular flexibility index (Phi) is 6.37. The molecule has 0 aromatic rings. The highest BCUT2D eigenvalue weighted by Crippen LogP contribution is 2.21. The summed E-state index contributed by atoms with van der Waals surface area (Å²) in [7, 11) is 3.34. The predicted molar refractivity (Wildman–Crippen MR) is 61.3 cm³/mol. The highest BCUT2D eigenvalue weighted by atomic mass is 16.5. The average Bonchev–Trinajstić information content (AvgIpc) is 2.71. The SMILES string of the molecule is COCCNCC(=O)NC1CCCC1OC. The summed E-state index contributed by atoms with van der Waals surface area (Å²) in [5.41, 5.74) is 0. The molecule has 0 spiro atoms. The Morgan fingerprint density at radius 2 is 2.19 bits per heavy atom. The molecular formula is C11H22N2O3. The van der Waals surface area contributed by atoms with E-state index in [2.05, 4.69) is 10.6 Å². The van der Waals surface area contributed by atoms with Crippen LogP contribution in [0.5, 0.6) is 0 Å². The summed E-state index contributed by atoms with van der Waals surface area (Å²) < 4.78 is 10.2. The van der Waals surface area contributed by atoms with E-state index in [1.54, 1.807) is 14.2 Å². The van der Waals surface area contributed by atoms with E-state index in [0.717, 1.165) is 19.3 Å². The van der Waals surface area contributed by atoms with Crippen LogP contribution >= 0.6 is 0 Å². The Morgan fingerprint density at radius 1 is 1.38 bits per heavy atom. The molecule has 1 saturated carbocycles. The fraction of sp³-hybridized carbons (Fsp3) is 0.909. The van der Waals surface area contributed by atoms with Crippen molar-refractivity contribution in [2.45, 2.75) is 31.4 Å². The lowest BCUT2D eigenvalue weighted by molar-refractivity contribution is -0.121. The van der Waals surface area contributed by atoms with Crippen molar-refractivity contribution in [1.82, 2.24) is 10.6 Å². The molecule has 1 amide bonds. The molecule has 2 unspecified atom stereocenters. The lowest BCUT2D eigenvalue weighted by Gasteiger charge is -2.19. The molecule has 0 aromatic heterocycles. The van der Waals surface area contributed by atoms with Crippen LogP contribution in [0.25, 0.3) is 0 Å². The second-order valence-corrected chi connectivity index (χ2v) is 4.05. The number of ether oxygens (including phenoxy) is 2. The van der Waals surface area contributed by atoms with Crippen molar-refractivity contribution in [3.8, 4) is 0 Å². The number of carbonyl (C=O) groups excluding carboxylic acids is 1. The van der Waals surface area contributed by atoms with E-state index in [1.165, 1.54) is 0 Å². The molecule has 2 N–H and O–H groups in total. The van der Waals surface area contributed by atoms with Crippen molar-refractivity contribution in [1.29, 1.82) is 0 Å². The summed E-state index contributed by atoms with van der Waals surface area (Å²) in [6.45, 7) is 1.66. The first-order valence-electron chi connectivity index (χ1n) is 5.79. The lowest BCUT2D eigenvalue weighted by Crippen LogP contribution is -2.44. The normalized spacial score (nSPS) is 24.6. The van der Waals surface area contributed by atoms with Crippen molar-refractivity contribution >= 4 is 5.91 Å². The molecule has 5 heteroatoms. The highest BCUT2D eigenvalue weighted by Gasteiger charge is 2.27. The zero-order valence-electron chi connectivity index (χ0n) is 10.1. The van der Waals surface area contributed by atoms with Gasteiger partial charge in [-0.3, -0.25) is 4.79 Å². The molecule has 1 aliphatic carbocycles. The summed E-state index contributed by atoms with van der Waals surface area (Å²) in [6.07, 6.45) is 3.37. The molecular weight excluding hydrogens is 208 g/mol. The standard InChI is InChI=1S/C11H22N2O3/c1-15-7-6-12-8-11(14)13-9-4-3-5-10(9)16-2/h9-10,12H,3-8H2,1-2H3,(H,13,14). The van der Waals surface area contributed by atoms with E-state index >= 15 is 0 Å². The Labute approximate surface area is 96.9 Å². The van der Waals surface area contributed by atoms with Crippen LogP contribution in [0.3, 0.4) is 0 Å². The Hall–Kier alpha value is -0.650. The van der Waals surface area contributed by atoms with E-state index in [9.17, 15) is 4.79 Å². The van der Waals surface area contributed by atoms with Crippen LogP contribution in [0, 0.1) is 0 Å². The molecule has 5 nitrogen and oxygen atoms in total. The molecule has 1 aliphatic rings. The van der Waals surface area contributed by atoms with Gasteiger partial charge in [0.25, 0.3) is 0 Å². The van der Waals surface area contributed by atoms with Crippen molar-refractivity contribution in [3.05, 3.63) is 0 Å². The third-order valence-corrected chi connectivity index (χ3v) is 2.87. The molecule has 0 saturated heterocycles. The van der Waals surface area contributed by atoms with Crippen LogP contribution in [0.1, 0.15) is 19.3 Å². The summed E-state index contributed by atoms with van der Waals surface area (Å²) in [4.78, 5) is 11.6. The van der Waals surface area contributed by atoms with Gasteiger partial charge in [-0.15, -0.1) is 0 Å². The van der Waals surface area contributed by atoms with Gasteiger partial charge in [0.15, 0.2) is 0 Å². The smallest absolute Gasteiger partial charge is 0.234 e. The van der Waals surface area contributed by atoms with Crippen molar-refractivity contribution < 1.29 is 14.3 Å².